The Morgan fingerprint density at radius 3 is 2.46 bits per heavy atom. The van der Waals surface area contributed by atoms with Gasteiger partial charge in [0.25, 0.3) is 5.91 Å². The highest BCUT2D eigenvalue weighted by atomic mass is 19.4. The molecule has 2 atom stereocenters. The molecule has 2 N–H and O–H groups in total. The number of pyridine rings is 1. The van der Waals surface area contributed by atoms with Crippen molar-refractivity contribution in [3.8, 4) is 0 Å². The number of carbonyl (C=O) groups is 2. The number of Topliss-reactive ketones (excluding diaryl/α,β-unsaturated/α-hetero) is 1. The Balaban J connectivity index is 1.52. The second-order valence-corrected chi connectivity index (χ2v) is 9.22. The number of rotatable bonds is 4. The van der Waals surface area contributed by atoms with Crippen LogP contribution in [0.1, 0.15) is 48.4 Å². The highest BCUT2D eigenvalue weighted by molar-refractivity contribution is 6.09. The molecule has 5 rings (SSSR count). The standard InChI is InChI=1S/C29H24F3N3O2/c1-17-25(28(37)35-21-11-7-10-20(16-21)29(30,31)32)27(22-12-5-6-13-33-22)26-23(34-17)14-19(15-24(26)36)18-8-3-2-4-9-18/h2-13,16,19,27,34H,14-15H2,1H3,(H,35,37). The molecular weight excluding hydrogens is 479 g/mol. The van der Waals surface area contributed by atoms with E-state index in [1.54, 1.807) is 31.3 Å². The van der Waals surface area contributed by atoms with Gasteiger partial charge in [0.15, 0.2) is 5.78 Å². The number of nitrogens with zero attached hydrogens (tertiary/aromatic N) is 1. The number of halogens is 3. The number of hydrogen-bond acceptors (Lipinski definition) is 4. The molecule has 3 aromatic rings. The second-order valence-electron chi connectivity index (χ2n) is 9.22. The number of aromatic nitrogens is 1. The van der Waals surface area contributed by atoms with E-state index >= 15 is 0 Å². The molecule has 2 aliphatic rings. The summed E-state index contributed by atoms with van der Waals surface area (Å²) in [4.78, 5) is 31.6. The van der Waals surface area contributed by atoms with Crippen molar-refractivity contribution in [1.29, 1.82) is 0 Å². The van der Waals surface area contributed by atoms with Gasteiger partial charge >= 0.3 is 6.18 Å². The maximum Gasteiger partial charge on any atom is 0.416 e. The maximum atomic E-state index is 13.6. The minimum absolute atomic E-state index is 0.00221. The summed E-state index contributed by atoms with van der Waals surface area (Å²) in [6.45, 7) is 1.73. The Hall–Kier alpha value is -4.20. The summed E-state index contributed by atoms with van der Waals surface area (Å²) in [6.07, 6.45) is -2.07. The Morgan fingerprint density at radius 2 is 1.76 bits per heavy atom. The van der Waals surface area contributed by atoms with Gasteiger partial charge in [-0.15, -0.1) is 0 Å². The Morgan fingerprint density at radius 1 is 1.00 bits per heavy atom. The van der Waals surface area contributed by atoms with Crippen LogP contribution in [-0.4, -0.2) is 16.7 Å². The minimum atomic E-state index is -4.54. The van der Waals surface area contributed by atoms with Gasteiger partial charge in [-0.2, -0.15) is 13.2 Å². The summed E-state index contributed by atoms with van der Waals surface area (Å²) in [7, 11) is 0. The molecule has 1 aliphatic heterocycles. The molecule has 0 radical (unpaired) electrons. The van der Waals surface area contributed by atoms with Crippen LogP contribution in [0, 0.1) is 0 Å². The van der Waals surface area contributed by atoms with Gasteiger partial charge in [-0.25, -0.2) is 0 Å². The van der Waals surface area contributed by atoms with Crippen molar-refractivity contribution in [1.82, 2.24) is 10.3 Å². The average molecular weight is 504 g/mol. The molecule has 2 heterocycles. The largest absolute Gasteiger partial charge is 0.416 e. The number of allylic oxidation sites excluding steroid dienone is 3. The van der Waals surface area contributed by atoms with E-state index in [1.807, 2.05) is 30.3 Å². The molecule has 2 unspecified atom stereocenters. The van der Waals surface area contributed by atoms with Crippen molar-refractivity contribution < 1.29 is 22.8 Å². The average Bonchev–Trinajstić information content (AvgIpc) is 2.88. The predicted molar refractivity (Wildman–Crippen MR) is 133 cm³/mol. The van der Waals surface area contributed by atoms with Gasteiger partial charge in [-0.3, -0.25) is 14.6 Å². The van der Waals surface area contributed by atoms with Crippen LogP contribution in [0.5, 0.6) is 0 Å². The Bertz CT molecular complexity index is 1410. The Labute approximate surface area is 212 Å². The molecule has 8 heteroatoms. The predicted octanol–water partition coefficient (Wildman–Crippen LogP) is 6.10. The van der Waals surface area contributed by atoms with Crippen LogP contribution in [-0.2, 0) is 15.8 Å². The third-order valence-electron chi connectivity index (χ3n) is 6.77. The van der Waals surface area contributed by atoms with Crippen molar-refractivity contribution in [2.45, 2.75) is 37.8 Å². The molecule has 0 fully saturated rings. The van der Waals surface area contributed by atoms with Crippen molar-refractivity contribution in [3.63, 3.8) is 0 Å². The molecule has 1 amide bonds. The van der Waals surface area contributed by atoms with Crippen molar-refractivity contribution in [2.75, 3.05) is 5.32 Å². The number of nitrogens with one attached hydrogen (secondary N) is 2. The van der Waals surface area contributed by atoms with Gasteiger partial charge < -0.3 is 10.6 Å². The fourth-order valence-corrected chi connectivity index (χ4v) is 5.12. The van der Waals surface area contributed by atoms with Gasteiger partial charge in [0, 0.05) is 40.8 Å². The van der Waals surface area contributed by atoms with Crippen LogP contribution >= 0.6 is 0 Å². The van der Waals surface area contributed by atoms with Gasteiger partial charge in [0.1, 0.15) is 0 Å². The zero-order chi connectivity index (χ0) is 26.2. The quantitative estimate of drug-likeness (QED) is 0.451. The highest BCUT2D eigenvalue weighted by Gasteiger charge is 2.41. The van der Waals surface area contributed by atoms with Gasteiger partial charge in [0.05, 0.1) is 17.2 Å². The molecule has 188 valence electrons. The molecule has 5 nitrogen and oxygen atoms in total. The second kappa shape index (κ2) is 9.69. The molecule has 2 aromatic carbocycles. The first-order valence-electron chi connectivity index (χ1n) is 11.9. The zero-order valence-corrected chi connectivity index (χ0v) is 20.0. The van der Waals surface area contributed by atoms with Crippen LogP contribution in [0.2, 0.25) is 0 Å². The monoisotopic (exact) mass is 503 g/mol. The van der Waals surface area contributed by atoms with E-state index in [4.69, 9.17) is 0 Å². The topological polar surface area (TPSA) is 71.1 Å². The summed E-state index contributed by atoms with van der Waals surface area (Å²) in [5.41, 5.74) is 2.74. The molecule has 0 bridgehead atoms. The molecule has 1 aromatic heterocycles. The lowest BCUT2D eigenvalue weighted by Crippen LogP contribution is -2.37. The first kappa shape index (κ1) is 24.5. The molecule has 0 saturated heterocycles. The van der Waals surface area contributed by atoms with Gasteiger partial charge in [0.2, 0.25) is 0 Å². The molecular formula is C29H24F3N3O2. The van der Waals surface area contributed by atoms with E-state index in [0.717, 1.165) is 23.4 Å². The number of anilines is 1. The smallest absolute Gasteiger partial charge is 0.362 e. The number of alkyl halides is 3. The normalized spacial score (nSPS) is 19.8. The highest BCUT2D eigenvalue weighted by Crippen LogP contribution is 2.45. The summed E-state index contributed by atoms with van der Waals surface area (Å²) in [5.74, 6) is -1.43. The molecule has 0 spiro atoms. The SMILES string of the molecule is CC1=C(C(=O)Nc2cccc(C(F)(F)F)c2)C(c2ccccn2)C2=C(CC(c3ccccc3)CC2=O)N1. The van der Waals surface area contributed by atoms with E-state index in [0.29, 0.717) is 23.4 Å². The fraction of sp³-hybridized carbons (Fsp3) is 0.207. The number of benzene rings is 2. The number of dihydropyridines is 1. The zero-order valence-electron chi connectivity index (χ0n) is 20.0. The first-order chi connectivity index (χ1) is 17.7. The minimum Gasteiger partial charge on any atom is -0.362 e. The van der Waals surface area contributed by atoms with Crippen LogP contribution in [0.3, 0.4) is 0 Å². The van der Waals surface area contributed by atoms with E-state index in [1.165, 1.54) is 12.1 Å². The number of amides is 1. The van der Waals surface area contributed by atoms with E-state index in [9.17, 15) is 22.8 Å². The van der Waals surface area contributed by atoms with E-state index in [-0.39, 0.29) is 29.4 Å². The van der Waals surface area contributed by atoms with Crippen LogP contribution < -0.4 is 10.6 Å². The third-order valence-corrected chi connectivity index (χ3v) is 6.77. The van der Waals surface area contributed by atoms with Crippen molar-refractivity contribution in [2.24, 2.45) is 0 Å². The maximum absolute atomic E-state index is 13.6. The van der Waals surface area contributed by atoms with Crippen LogP contribution in [0.25, 0.3) is 0 Å². The number of hydrogen-bond donors (Lipinski definition) is 2. The van der Waals surface area contributed by atoms with E-state index in [2.05, 4.69) is 15.6 Å². The lowest BCUT2D eigenvalue weighted by molar-refractivity contribution is -0.137. The summed E-state index contributed by atoms with van der Waals surface area (Å²) in [6, 6.07) is 19.6. The lowest BCUT2D eigenvalue weighted by atomic mass is 9.72. The lowest BCUT2D eigenvalue weighted by Gasteiger charge is -2.36. The summed E-state index contributed by atoms with van der Waals surface area (Å²) < 4.78 is 39.6. The van der Waals surface area contributed by atoms with Crippen LogP contribution in [0.15, 0.2) is 102 Å². The third kappa shape index (κ3) is 4.91. The Kier molecular flexibility index (Phi) is 6.41. The van der Waals surface area contributed by atoms with Crippen LogP contribution in [0.4, 0.5) is 18.9 Å². The van der Waals surface area contributed by atoms with E-state index < -0.39 is 23.6 Å². The number of carbonyl (C=O) groups excluding carboxylic acids is 2. The summed E-state index contributed by atoms with van der Waals surface area (Å²) >= 11 is 0. The fourth-order valence-electron chi connectivity index (χ4n) is 5.12. The molecule has 0 saturated carbocycles. The molecule has 1 aliphatic carbocycles. The first-order valence-corrected chi connectivity index (χ1v) is 11.9. The van der Waals surface area contributed by atoms with Gasteiger partial charge in [-0.1, -0.05) is 42.5 Å². The summed E-state index contributed by atoms with van der Waals surface area (Å²) in [5, 5.41) is 5.87. The van der Waals surface area contributed by atoms with Crippen molar-refractivity contribution in [3.05, 3.63) is 118 Å². The number of ketones is 1. The van der Waals surface area contributed by atoms with Crippen molar-refractivity contribution >= 4 is 17.4 Å². The van der Waals surface area contributed by atoms with Gasteiger partial charge in [-0.05, 0) is 55.2 Å². The molecule has 37 heavy (non-hydrogen) atoms.